The standard InChI is InChI=1S/C17H25ClN2/c1-14(15-6-4-7-16(18)12-15)20-11-5-10-19-17(13-20)8-2-3-9-17/h4,6-7,12,14,19H,2-3,5,8-11,13H2,1H3. The molecule has 1 N–H and O–H groups in total. The molecule has 110 valence electrons. The Hall–Kier alpha value is -0.570. The molecule has 1 aromatic rings. The molecule has 20 heavy (non-hydrogen) atoms. The smallest absolute Gasteiger partial charge is 0.0409 e. The summed E-state index contributed by atoms with van der Waals surface area (Å²) in [5, 5.41) is 4.68. The molecule has 1 aliphatic heterocycles. The molecule has 1 aromatic carbocycles. The van der Waals surface area contributed by atoms with Crippen molar-refractivity contribution in [2.24, 2.45) is 0 Å². The highest BCUT2D eigenvalue weighted by Gasteiger charge is 2.37. The fourth-order valence-corrected chi connectivity index (χ4v) is 4.05. The van der Waals surface area contributed by atoms with Crippen molar-refractivity contribution in [3.05, 3.63) is 34.9 Å². The lowest BCUT2D eigenvalue weighted by Crippen LogP contribution is -2.49. The normalized spacial score (nSPS) is 24.7. The van der Waals surface area contributed by atoms with Crippen molar-refractivity contribution in [2.75, 3.05) is 19.6 Å². The number of benzene rings is 1. The van der Waals surface area contributed by atoms with Crippen LogP contribution in [0.2, 0.25) is 5.02 Å². The summed E-state index contributed by atoms with van der Waals surface area (Å²) in [5.74, 6) is 0. The van der Waals surface area contributed by atoms with Crippen LogP contribution in [0.3, 0.4) is 0 Å². The Labute approximate surface area is 127 Å². The van der Waals surface area contributed by atoms with Crippen molar-refractivity contribution in [3.63, 3.8) is 0 Å². The van der Waals surface area contributed by atoms with E-state index in [2.05, 4.69) is 35.3 Å². The maximum absolute atomic E-state index is 6.15. The highest BCUT2D eigenvalue weighted by Crippen LogP contribution is 2.34. The van der Waals surface area contributed by atoms with Gasteiger partial charge in [-0.3, -0.25) is 4.90 Å². The van der Waals surface area contributed by atoms with E-state index in [0.717, 1.165) is 5.02 Å². The van der Waals surface area contributed by atoms with Crippen LogP contribution in [-0.4, -0.2) is 30.1 Å². The monoisotopic (exact) mass is 292 g/mol. The maximum atomic E-state index is 6.15. The molecule has 1 saturated carbocycles. The first-order chi connectivity index (χ1) is 9.69. The van der Waals surface area contributed by atoms with E-state index in [1.807, 2.05) is 6.07 Å². The molecule has 2 nitrogen and oxygen atoms in total. The number of nitrogens with zero attached hydrogens (tertiary/aromatic N) is 1. The lowest BCUT2D eigenvalue weighted by molar-refractivity contribution is 0.166. The van der Waals surface area contributed by atoms with E-state index >= 15 is 0 Å². The molecule has 0 aromatic heterocycles. The predicted octanol–water partition coefficient (Wildman–Crippen LogP) is 4.01. The van der Waals surface area contributed by atoms with Gasteiger partial charge in [0.1, 0.15) is 0 Å². The molecular weight excluding hydrogens is 268 g/mol. The molecule has 3 heteroatoms. The van der Waals surface area contributed by atoms with Crippen LogP contribution in [0.15, 0.2) is 24.3 Å². The summed E-state index contributed by atoms with van der Waals surface area (Å²) in [7, 11) is 0. The number of hydrogen-bond donors (Lipinski definition) is 1. The van der Waals surface area contributed by atoms with Gasteiger partial charge in [0.25, 0.3) is 0 Å². The zero-order valence-electron chi connectivity index (χ0n) is 12.4. The topological polar surface area (TPSA) is 15.3 Å². The van der Waals surface area contributed by atoms with E-state index < -0.39 is 0 Å². The molecule has 0 amide bonds. The third-order valence-corrected chi connectivity index (χ3v) is 5.30. The van der Waals surface area contributed by atoms with Crippen molar-refractivity contribution >= 4 is 11.6 Å². The molecule has 1 saturated heterocycles. The second-order valence-corrected chi connectivity index (χ2v) is 6.91. The molecule has 2 fully saturated rings. The minimum Gasteiger partial charge on any atom is -0.310 e. The first-order valence-electron chi connectivity index (χ1n) is 7.93. The number of nitrogens with one attached hydrogen (secondary N) is 1. The zero-order chi connectivity index (χ0) is 14.0. The zero-order valence-corrected chi connectivity index (χ0v) is 13.1. The summed E-state index contributed by atoms with van der Waals surface area (Å²) < 4.78 is 0. The van der Waals surface area contributed by atoms with E-state index in [0.29, 0.717) is 11.6 Å². The van der Waals surface area contributed by atoms with E-state index in [4.69, 9.17) is 11.6 Å². The van der Waals surface area contributed by atoms with Gasteiger partial charge in [-0.25, -0.2) is 0 Å². The van der Waals surface area contributed by atoms with Crippen molar-refractivity contribution < 1.29 is 0 Å². The molecule has 1 aliphatic carbocycles. The first kappa shape index (κ1) is 14.4. The van der Waals surface area contributed by atoms with E-state index in [1.54, 1.807) is 0 Å². The lowest BCUT2D eigenvalue weighted by Gasteiger charge is -2.36. The average molecular weight is 293 g/mol. The second kappa shape index (κ2) is 6.05. The van der Waals surface area contributed by atoms with E-state index in [1.165, 1.54) is 57.3 Å². The van der Waals surface area contributed by atoms with Gasteiger partial charge >= 0.3 is 0 Å². The highest BCUT2D eigenvalue weighted by atomic mass is 35.5. The minimum absolute atomic E-state index is 0.378. The van der Waals surface area contributed by atoms with Crippen LogP contribution in [0.25, 0.3) is 0 Å². The molecule has 0 radical (unpaired) electrons. The molecule has 1 unspecified atom stereocenters. The van der Waals surface area contributed by atoms with Gasteiger partial charge in [0, 0.05) is 29.7 Å². The minimum atomic E-state index is 0.378. The van der Waals surface area contributed by atoms with E-state index in [9.17, 15) is 0 Å². The van der Waals surface area contributed by atoms with Gasteiger partial charge < -0.3 is 5.32 Å². The molecular formula is C17H25ClN2. The van der Waals surface area contributed by atoms with Crippen molar-refractivity contribution in [1.82, 2.24) is 10.2 Å². The number of rotatable bonds is 2. The fourth-order valence-electron chi connectivity index (χ4n) is 3.85. The molecule has 3 rings (SSSR count). The maximum Gasteiger partial charge on any atom is 0.0409 e. The fraction of sp³-hybridized carbons (Fsp3) is 0.647. The molecule has 0 bridgehead atoms. The third kappa shape index (κ3) is 3.03. The SMILES string of the molecule is CC(c1cccc(Cl)c1)N1CCCNC2(CCCC2)C1. The van der Waals surface area contributed by atoms with Gasteiger partial charge in [0.05, 0.1) is 0 Å². The lowest BCUT2D eigenvalue weighted by atomic mass is 9.95. The van der Waals surface area contributed by atoms with Gasteiger partial charge in [0.15, 0.2) is 0 Å². The van der Waals surface area contributed by atoms with Gasteiger partial charge in [0.2, 0.25) is 0 Å². The van der Waals surface area contributed by atoms with Crippen LogP contribution in [0, 0.1) is 0 Å². The summed E-state index contributed by atoms with van der Waals surface area (Å²) in [6.45, 7) is 5.85. The number of hydrogen-bond acceptors (Lipinski definition) is 2. The van der Waals surface area contributed by atoms with Crippen molar-refractivity contribution in [3.8, 4) is 0 Å². The quantitative estimate of drug-likeness (QED) is 0.886. The predicted molar refractivity (Wildman–Crippen MR) is 85.3 cm³/mol. The van der Waals surface area contributed by atoms with Crippen molar-refractivity contribution in [1.29, 1.82) is 0 Å². The Morgan fingerprint density at radius 3 is 2.80 bits per heavy atom. The van der Waals surface area contributed by atoms with Gasteiger partial charge in [-0.05, 0) is 50.4 Å². The molecule has 1 heterocycles. The van der Waals surface area contributed by atoms with Crippen LogP contribution in [0.1, 0.15) is 50.6 Å². The van der Waals surface area contributed by atoms with Crippen LogP contribution in [0.5, 0.6) is 0 Å². The Kier molecular flexibility index (Phi) is 4.34. The first-order valence-corrected chi connectivity index (χ1v) is 8.31. The highest BCUT2D eigenvalue weighted by molar-refractivity contribution is 6.30. The molecule has 1 spiro atoms. The Bertz CT molecular complexity index is 454. The average Bonchev–Trinajstić information content (AvgIpc) is 2.79. The summed E-state index contributed by atoms with van der Waals surface area (Å²) in [6, 6.07) is 8.80. The Balaban J connectivity index is 1.77. The van der Waals surface area contributed by atoms with Gasteiger partial charge in [-0.15, -0.1) is 0 Å². The van der Waals surface area contributed by atoms with Gasteiger partial charge in [-0.1, -0.05) is 36.6 Å². The van der Waals surface area contributed by atoms with Crippen LogP contribution >= 0.6 is 11.6 Å². The second-order valence-electron chi connectivity index (χ2n) is 6.47. The van der Waals surface area contributed by atoms with E-state index in [-0.39, 0.29) is 0 Å². The summed E-state index contributed by atoms with van der Waals surface area (Å²) in [5.41, 5.74) is 1.72. The number of halogens is 1. The molecule has 2 aliphatic rings. The largest absolute Gasteiger partial charge is 0.310 e. The van der Waals surface area contributed by atoms with Crippen LogP contribution in [-0.2, 0) is 0 Å². The Morgan fingerprint density at radius 2 is 2.05 bits per heavy atom. The third-order valence-electron chi connectivity index (χ3n) is 5.07. The van der Waals surface area contributed by atoms with Crippen molar-refractivity contribution in [2.45, 2.75) is 50.6 Å². The summed E-state index contributed by atoms with van der Waals surface area (Å²) in [6.07, 6.45) is 6.68. The van der Waals surface area contributed by atoms with Gasteiger partial charge in [-0.2, -0.15) is 0 Å². The van der Waals surface area contributed by atoms with Crippen LogP contribution in [0.4, 0.5) is 0 Å². The van der Waals surface area contributed by atoms with Crippen LogP contribution < -0.4 is 5.32 Å². The summed E-state index contributed by atoms with van der Waals surface area (Å²) in [4.78, 5) is 2.65. The molecule has 1 atom stereocenters. The summed E-state index contributed by atoms with van der Waals surface area (Å²) >= 11 is 6.15. The Morgan fingerprint density at radius 1 is 1.25 bits per heavy atom.